The highest BCUT2D eigenvalue weighted by Crippen LogP contribution is 2.38. The van der Waals surface area contributed by atoms with Crippen molar-refractivity contribution in [3.05, 3.63) is 63.1 Å². The standard InChI is InChI=1S/C19H13BrN4O5/c1-10(25)16-15-17(23(21-16)13-3-2-4-14(9-13)24(28)29)19(27)22(18(15)26)12-7-5-11(20)6-8-12/h2-9,15,17H,1H3/t15-,17+/m1/s1. The number of nitro benzene ring substituents is 1. The van der Waals surface area contributed by atoms with E-state index in [2.05, 4.69) is 21.0 Å². The molecule has 2 heterocycles. The molecule has 29 heavy (non-hydrogen) atoms. The van der Waals surface area contributed by atoms with Crippen molar-refractivity contribution < 1.29 is 19.3 Å². The van der Waals surface area contributed by atoms with Crippen molar-refractivity contribution in [2.75, 3.05) is 9.91 Å². The van der Waals surface area contributed by atoms with Gasteiger partial charge in [0.05, 0.1) is 16.3 Å². The molecule has 146 valence electrons. The number of hydrazone groups is 1. The number of halogens is 1. The van der Waals surface area contributed by atoms with Crippen LogP contribution in [0.25, 0.3) is 0 Å². The first kappa shape index (κ1) is 18.9. The van der Waals surface area contributed by atoms with Gasteiger partial charge < -0.3 is 0 Å². The Morgan fingerprint density at radius 2 is 1.79 bits per heavy atom. The van der Waals surface area contributed by atoms with Gasteiger partial charge in [0.15, 0.2) is 5.78 Å². The smallest absolute Gasteiger partial charge is 0.271 e. The summed E-state index contributed by atoms with van der Waals surface area (Å²) in [7, 11) is 0. The van der Waals surface area contributed by atoms with E-state index in [1.807, 2.05) is 0 Å². The van der Waals surface area contributed by atoms with Crippen molar-refractivity contribution in [2.45, 2.75) is 13.0 Å². The van der Waals surface area contributed by atoms with E-state index in [0.29, 0.717) is 5.69 Å². The molecule has 2 aromatic carbocycles. The fraction of sp³-hybridized carbons (Fsp3) is 0.158. The molecule has 2 aliphatic rings. The predicted octanol–water partition coefficient (Wildman–Crippen LogP) is 2.68. The summed E-state index contributed by atoms with van der Waals surface area (Å²) in [6.07, 6.45) is 0. The van der Waals surface area contributed by atoms with Crippen LogP contribution in [0, 0.1) is 16.0 Å². The van der Waals surface area contributed by atoms with E-state index in [4.69, 9.17) is 0 Å². The number of nitrogens with zero attached hydrogens (tertiary/aromatic N) is 4. The molecule has 0 aromatic heterocycles. The molecule has 2 atom stereocenters. The average Bonchev–Trinajstić information content (AvgIpc) is 3.20. The molecule has 0 aliphatic carbocycles. The number of rotatable bonds is 4. The molecule has 2 amide bonds. The molecule has 9 nitrogen and oxygen atoms in total. The normalized spacial score (nSPS) is 20.7. The minimum atomic E-state index is -1.08. The molecule has 0 saturated carbocycles. The topological polar surface area (TPSA) is 113 Å². The van der Waals surface area contributed by atoms with Crippen LogP contribution in [0.2, 0.25) is 0 Å². The number of hydrogen-bond donors (Lipinski definition) is 0. The second kappa shape index (κ2) is 6.89. The lowest BCUT2D eigenvalue weighted by Gasteiger charge is -2.22. The number of ketones is 1. The second-order valence-corrected chi connectivity index (χ2v) is 7.49. The number of hydrogen-bond acceptors (Lipinski definition) is 7. The summed E-state index contributed by atoms with van der Waals surface area (Å²) in [6, 6.07) is 11.1. The number of amides is 2. The number of carbonyl (C=O) groups excluding carboxylic acids is 3. The van der Waals surface area contributed by atoms with Gasteiger partial charge in [0.25, 0.3) is 11.6 Å². The van der Waals surface area contributed by atoms with Crippen LogP contribution < -0.4 is 9.91 Å². The third-order valence-corrected chi connectivity index (χ3v) is 5.33. The number of imide groups is 1. The zero-order chi connectivity index (χ0) is 20.9. The van der Waals surface area contributed by atoms with E-state index in [1.54, 1.807) is 24.3 Å². The van der Waals surface area contributed by atoms with Crippen molar-refractivity contribution in [3.8, 4) is 0 Å². The number of fused-ring (bicyclic) bond motifs is 1. The van der Waals surface area contributed by atoms with Gasteiger partial charge in [-0.1, -0.05) is 22.0 Å². The van der Waals surface area contributed by atoms with Gasteiger partial charge >= 0.3 is 0 Å². The molecule has 4 rings (SSSR count). The highest BCUT2D eigenvalue weighted by atomic mass is 79.9. The number of nitro groups is 1. The van der Waals surface area contributed by atoms with Gasteiger partial charge in [-0.05, 0) is 30.3 Å². The van der Waals surface area contributed by atoms with Gasteiger partial charge in [-0.25, -0.2) is 4.90 Å². The minimum Gasteiger partial charge on any atom is -0.293 e. The molecule has 0 radical (unpaired) electrons. The summed E-state index contributed by atoms with van der Waals surface area (Å²) in [5.74, 6) is -2.60. The number of Topliss-reactive ketones (excluding diaryl/α,β-unsaturated/α-hetero) is 1. The molecular weight excluding hydrogens is 444 g/mol. The van der Waals surface area contributed by atoms with Crippen LogP contribution in [-0.2, 0) is 14.4 Å². The third-order valence-electron chi connectivity index (χ3n) is 4.80. The van der Waals surface area contributed by atoms with Crippen LogP contribution in [0.3, 0.4) is 0 Å². The number of anilines is 2. The Morgan fingerprint density at radius 1 is 1.10 bits per heavy atom. The van der Waals surface area contributed by atoms with Crippen LogP contribution in [-0.4, -0.2) is 34.3 Å². The molecule has 0 unspecified atom stereocenters. The molecule has 10 heteroatoms. The lowest BCUT2D eigenvalue weighted by atomic mass is 9.95. The predicted molar refractivity (Wildman–Crippen MR) is 108 cm³/mol. The maximum atomic E-state index is 13.2. The maximum absolute atomic E-state index is 13.2. The van der Waals surface area contributed by atoms with E-state index in [9.17, 15) is 24.5 Å². The summed E-state index contributed by atoms with van der Waals surface area (Å²) < 4.78 is 0.782. The first-order valence-corrected chi connectivity index (χ1v) is 9.35. The lowest BCUT2D eigenvalue weighted by Crippen LogP contribution is -2.39. The quantitative estimate of drug-likeness (QED) is 0.396. The SMILES string of the molecule is CC(=O)C1=NN(c2cccc([N+](=O)[O-])c2)[C@@H]2C(=O)N(c3ccc(Br)cc3)C(=O)[C@H]12. The highest BCUT2D eigenvalue weighted by Gasteiger charge is 2.58. The van der Waals surface area contributed by atoms with Crippen molar-refractivity contribution >= 4 is 56.3 Å². The highest BCUT2D eigenvalue weighted by molar-refractivity contribution is 9.10. The van der Waals surface area contributed by atoms with Gasteiger partial charge in [0.1, 0.15) is 17.7 Å². The van der Waals surface area contributed by atoms with Crippen molar-refractivity contribution in [1.82, 2.24) is 0 Å². The zero-order valence-electron chi connectivity index (χ0n) is 15.0. The van der Waals surface area contributed by atoms with Crippen LogP contribution in [0.15, 0.2) is 58.1 Å². The first-order valence-electron chi connectivity index (χ1n) is 8.56. The summed E-state index contributed by atoms with van der Waals surface area (Å²) in [4.78, 5) is 50.0. The van der Waals surface area contributed by atoms with Gasteiger partial charge in [-0.15, -0.1) is 0 Å². The number of carbonyl (C=O) groups is 3. The molecule has 1 fully saturated rings. The van der Waals surface area contributed by atoms with E-state index in [0.717, 1.165) is 9.37 Å². The Morgan fingerprint density at radius 3 is 2.41 bits per heavy atom. The van der Waals surface area contributed by atoms with Crippen molar-refractivity contribution in [2.24, 2.45) is 11.0 Å². The summed E-state index contributed by atoms with van der Waals surface area (Å²) in [5.41, 5.74) is 0.398. The van der Waals surface area contributed by atoms with Crippen molar-refractivity contribution in [3.63, 3.8) is 0 Å². The zero-order valence-corrected chi connectivity index (χ0v) is 16.6. The Kier molecular flexibility index (Phi) is 4.50. The molecular formula is C19H13BrN4O5. The number of non-ortho nitro benzene ring substituents is 1. The maximum Gasteiger partial charge on any atom is 0.271 e. The second-order valence-electron chi connectivity index (χ2n) is 6.57. The molecule has 0 spiro atoms. The monoisotopic (exact) mass is 456 g/mol. The van der Waals surface area contributed by atoms with Crippen LogP contribution >= 0.6 is 15.9 Å². The van der Waals surface area contributed by atoms with Gasteiger partial charge in [-0.3, -0.25) is 29.5 Å². The van der Waals surface area contributed by atoms with Gasteiger partial charge in [-0.2, -0.15) is 5.10 Å². The lowest BCUT2D eigenvalue weighted by molar-refractivity contribution is -0.384. The minimum absolute atomic E-state index is 0.0422. The van der Waals surface area contributed by atoms with Crippen molar-refractivity contribution in [1.29, 1.82) is 0 Å². The van der Waals surface area contributed by atoms with Crippen LogP contribution in [0.1, 0.15) is 6.92 Å². The summed E-state index contributed by atoms with van der Waals surface area (Å²) in [5, 5.41) is 16.5. The first-order chi connectivity index (χ1) is 13.8. The molecule has 2 aromatic rings. The third kappa shape index (κ3) is 3.01. The molecule has 0 bridgehead atoms. The molecule has 2 aliphatic heterocycles. The van der Waals surface area contributed by atoms with Crippen LogP contribution in [0.5, 0.6) is 0 Å². The fourth-order valence-electron chi connectivity index (χ4n) is 3.51. The van der Waals surface area contributed by atoms with E-state index >= 15 is 0 Å². The fourth-order valence-corrected chi connectivity index (χ4v) is 3.78. The summed E-state index contributed by atoms with van der Waals surface area (Å²) >= 11 is 3.30. The Bertz CT molecular complexity index is 1100. The van der Waals surface area contributed by atoms with E-state index in [-0.39, 0.29) is 17.1 Å². The Hall–Kier alpha value is -3.40. The Balaban J connectivity index is 1.80. The molecule has 1 saturated heterocycles. The van der Waals surface area contributed by atoms with E-state index in [1.165, 1.54) is 36.2 Å². The summed E-state index contributed by atoms with van der Waals surface area (Å²) in [6.45, 7) is 1.27. The largest absolute Gasteiger partial charge is 0.293 e. The van der Waals surface area contributed by atoms with Gasteiger partial charge in [0, 0.05) is 23.5 Å². The number of benzene rings is 2. The van der Waals surface area contributed by atoms with Gasteiger partial charge in [0.2, 0.25) is 5.91 Å². The molecule has 0 N–H and O–H groups in total. The Labute approximate surface area is 172 Å². The van der Waals surface area contributed by atoms with E-state index < -0.39 is 34.5 Å². The average molecular weight is 457 g/mol. The van der Waals surface area contributed by atoms with Crippen LogP contribution in [0.4, 0.5) is 17.1 Å².